The van der Waals surface area contributed by atoms with Crippen molar-refractivity contribution in [3.8, 4) is 0 Å². The Labute approximate surface area is 114 Å². The number of hydrogen-bond donors (Lipinski definition) is 4. The molecule has 0 saturated heterocycles. The van der Waals surface area contributed by atoms with E-state index in [4.69, 9.17) is 11.5 Å². The molecule has 0 aliphatic heterocycles. The molecule has 0 radical (unpaired) electrons. The van der Waals surface area contributed by atoms with E-state index >= 15 is 0 Å². The van der Waals surface area contributed by atoms with Crippen LogP contribution in [0.5, 0.6) is 0 Å². The summed E-state index contributed by atoms with van der Waals surface area (Å²) in [5, 5.41) is 6.70. The van der Waals surface area contributed by atoms with Gasteiger partial charge in [-0.3, -0.25) is 0 Å². The van der Waals surface area contributed by atoms with Gasteiger partial charge in [0, 0.05) is 13.1 Å². The van der Waals surface area contributed by atoms with Crippen molar-refractivity contribution in [1.29, 1.82) is 0 Å². The van der Waals surface area contributed by atoms with Crippen LogP contribution in [-0.4, -0.2) is 13.1 Å². The van der Waals surface area contributed by atoms with E-state index in [-0.39, 0.29) is 0 Å². The number of benzene rings is 1. The monoisotopic (exact) mass is 258 g/mol. The van der Waals surface area contributed by atoms with Crippen molar-refractivity contribution in [3.05, 3.63) is 47.8 Å². The van der Waals surface area contributed by atoms with Gasteiger partial charge in [0.05, 0.1) is 22.8 Å². The first-order chi connectivity index (χ1) is 9.27. The van der Waals surface area contributed by atoms with E-state index in [1.165, 1.54) is 0 Å². The fraction of sp³-hybridized carbons (Fsp3) is 0.333. The molecule has 6 N–H and O–H groups in total. The highest BCUT2D eigenvalue weighted by molar-refractivity contribution is 5.65. The average molecular weight is 258 g/mol. The average Bonchev–Trinajstić information content (AvgIpc) is 2.42. The molecule has 1 aliphatic carbocycles. The number of nitrogens with two attached hydrogens (primary N) is 2. The summed E-state index contributed by atoms with van der Waals surface area (Å²) in [5.41, 5.74) is 15.5. The summed E-state index contributed by atoms with van der Waals surface area (Å²) in [5.74, 6) is 0. The molecule has 0 atom stereocenters. The molecule has 0 saturated carbocycles. The van der Waals surface area contributed by atoms with Gasteiger partial charge < -0.3 is 22.1 Å². The molecule has 4 nitrogen and oxygen atoms in total. The Morgan fingerprint density at radius 2 is 1.68 bits per heavy atom. The first-order valence-electron chi connectivity index (χ1n) is 6.76. The quantitative estimate of drug-likeness (QED) is 0.466. The summed E-state index contributed by atoms with van der Waals surface area (Å²) in [6.45, 7) is 1.79. The Hall–Kier alpha value is -2.10. The van der Waals surface area contributed by atoms with Crippen LogP contribution >= 0.6 is 0 Å². The summed E-state index contributed by atoms with van der Waals surface area (Å²) in [6.07, 6.45) is 7.37. The standard InChI is InChI=1S/C15H22N4/c16-12-6-1-3-8-14(12)18-10-5-11-19-15-9-4-2-7-13(15)17/h1,3,6-9,18-19H,2,4-5,10-11,16-17H2. The highest BCUT2D eigenvalue weighted by Crippen LogP contribution is 2.16. The molecule has 1 aromatic rings. The molecule has 0 spiro atoms. The van der Waals surface area contributed by atoms with Gasteiger partial charge in [-0.25, -0.2) is 0 Å². The van der Waals surface area contributed by atoms with Crippen LogP contribution < -0.4 is 22.1 Å². The molecule has 102 valence electrons. The zero-order valence-electron chi connectivity index (χ0n) is 11.2. The zero-order chi connectivity index (χ0) is 13.5. The Bertz CT molecular complexity index is 477. The maximum Gasteiger partial charge on any atom is 0.0573 e. The Morgan fingerprint density at radius 3 is 2.47 bits per heavy atom. The van der Waals surface area contributed by atoms with E-state index < -0.39 is 0 Å². The predicted molar refractivity (Wildman–Crippen MR) is 81.6 cm³/mol. The van der Waals surface area contributed by atoms with Crippen LogP contribution in [0.1, 0.15) is 19.3 Å². The summed E-state index contributed by atoms with van der Waals surface area (Å²) >= 11 is 0. The van der Waals surface area contributed by atoms with Gasteiger partial charge in [0.15, 0.2) is 0 Å². The second-order valence-electron chi connectivity index (χ2n) is 4.65. The lowest BCUT2D eigenvalue weighted by molar-refractivity contribution is 0.738. The number of rotatable bonds is 6. The van der Waals surface area contributed by atoms with Crippen LogP contribution in [-0.2, 0) is 0 Å². The van der Waals surface area contributed by atoms with Crippen molar-refractivity contribution in [2.45, 2.75) is 19.3 Å². The SMILES string of the molecule is NC1=CCCC=C1NCCCNc1ccccc1N. The number of anilines is 2. The number of allylic oxidation sites excluding steroid dienone is 2. The third-order valence-electron chi connectivity index (χ3n) is 3.14. The lowest BCUT2D eigenvalue weighted by atomic mass is 10.1. The van der Waals surface area contributed by atoms with E-state index in [9.17, 15) is 0 Å². The first kappa shape index (κ1) is 13.3. The van der Waals surface area contributed by atoms with Crippen molar-refractivity contribution in [1.82, 2.24) is 5.32 Å². The number of hydrogen-bond acceptors (Lipinski definition) is 4. The molecule has 0 bridgehead atoms. The lowest BCUT2D eigenvalue weighted by Crippen LogP contribution is -2.22. The molecule has 1 aliphatic rings. The van der Waals surface area contributed by atoms with Gasteiger partial charge in [0.2, 0.25) is 0 Å². The summed E-state index contributed by atoms with van der Waals surface area (Å²) in [6, 6.07) is 7.81. The van der Waals surface area contributed by atoms with Crippen LogP contribution in [0, 0.1) is 0 Å². The lowest BCUT2D eigenvalue weighted by Gasteiger charge is -2.15. The molecule has 4 heteroatoms. The molecule has 0 aromatic heterocycles. The normalized spacial score (nSPS) is 14.5. The third-order valence-corrected chi connectivity index (χ3v) is 3.14. The van der Waals surface area contributed by atoms with E-state index in [2.05, 4.69) is 22.8 Å². The fourth-order valence-electron chi connectivity index (χ4n) is 2.06. The van der Waals surface area contributed by atoms with Crippen molar-refractivity contribution in [2.24, 2.45) is 5.73 Å². The van der Waals surface area contributed by atoms with Crippen molar-refractivity contribution in [3.63, 3.8) is 0 Å². The minimum atomic E-state index is 0.789. The molecule has 0 heterocycles. The molecule has 0 fully saturated rings. The van der Waals surface area contributed by atoms with Crippen molar-refractivity contribution in [2.75, 3.05) is 24.1 Å². The fourth-order valence-corrected chi connectivity index (χ4v) is 2.06. The van der Waals surface area contributed by atoms with E-state index in [1.54, 1.807) is 0 Å². The third kappa shape index (κ3) is 3.95. The van der Waals surface area contributed by atoms with E-state index in [0.717, 1.165) is 55.1 Å². The Kier molecular flexibility index (Phi) is 4.72. The van der Waals surface area contributed by atoms with E-state index in [1.807, 2.05) is 24.3 Å². The van der Waals surface area contributed by atoms with E-state index in [0.29, 0.717) is 0 Å². The topological polar surface area (TPSA) is 76.1 Å². The number of nitrogen functional groups attached to an aromatic ring is 1. The highest BCUT2D eigenvalue weighted by atomic mass is 14.9. The van der Waals surface area contributed by atoms with Gasteiger partial charge in [-0.1, -0.05) is 24.3 Å². The Balaban J connectivity index is 1.66. The smallest absolute Gasteiger partial charge is 0.0573 e. The second kappa shape index (κ2) is 6.73. The van der Waals surface area contributed by atoms with Crippen LogP contribution in [0.25, 0.3) is 0 Å². The molecule has 2 rings (SSSR count). The Morgan fingerprint density at radius 1 is 0.947 bits per heavy atom. The molecule has 0 amide bonds. The minimum absolute atomic E-state index is 0.789. The maximum atomic E-state index is 5.90. The highest BCUT2D eigenvalue weighted by Gasteiger charge is 2.03. The van der Waals surface area contributed by atoms with Gasteiger partial charge in [-0.15, -0.1) is 0 Å². The van der Waals surface area contributed by atoms with Crippen LogP contribution in [0.15, 0.2) is 47.8 Å². The maximum absolute atomic E-state index is 5.90. The molecular weight excluding hydrogens is 236 g/mol. The first-order valence-corrected chi connectivity index (χ1v) is 6.76. The number of para-hydroxylation sites is 2. The van der Waals surface area contributed by atoms with Crippen molar-refractivity contribution < 1.29 is 0 Å². The molecule has 1 aromatic carbocycles. The van der Waals surface area contributed by atoms with Gasteiger partial charge >= 0.3 is 0 Å². The summed E-state index contributed by atoms with van der Waals surface area (Å²) < 4.78 is 0. The van der Waals surface area contributed by atoms with Crippen molar-refractivity contribution >= 4 is 11.4 Å². The van der Waals surface area contributed by atoms with Crippen LogP contribution in [0.3, 0.4) is 0 Å². The van der Waals surface area contributed by atoms with Crippen LogP contribution in [0.4, 0.5) is 11.4 Å². The minimum Gasteiger partial charge on any atom is -0.397 e. The predicted octanol–water partition coefficient (Wildman–Crippen LogP) is 2.18. The van der Waals surface area contributed by atoms with Gasteiger partial charge in [-0.2, -0.15) is 0 Å². The largest absolute Gasteiger partial charge is 0.397 e. The zero-order valence-corrected chi connectivity index (χ0v) is 11.2. The molecule has 19 heavy (non-hydrogen) atoms. The van der Waals surface area contributed by atoms with Gasteiger partial charge in [0.25, 0.3) is 0 Å². The second-order valence-corrected chi connectivity index (χ2v) is 4.65. The number of nitrogens with one attached hydrogen (secondary N) is 2. The van der Waals surface area contributed by atoms with Gasteiger partial charge in [0.1, 0.15) is 0 Å². The van der Waals surface area contributed by atoms with Gasteiger partial charge in [-0.05, 0) is 31.4 Å². The van der Waals surface area contributed by atoms with Crippen LogP contribution in [0.2, 0.25) is 0 Å². The molecule has 0 unspecified atom stereocenters. The molecular formula is C15H22N4. The summed E-state index contributed by atoms with van der Waals surface area (Å²) in [7, 11) is 0. The summed E-state index contributed by atoms with van der Waals surface area (Å²) in [4.78, 5) is 0.